The van der Waals surface area contributed by atoms with Crippen LogP contribution < -0.4 is 14.8 Å². The Morgan fingerprint density at radius 2 is 1.70 bits per heavy atom. The van der Waals surface area contributed by atoms with Crippen molar-refractivity contribution in [2.75, 3.05) is 5.32 Å². The van der Waals surface area contributed by atoms with Crippen LogP contribution in [0.3, 0.4) is 0 Å². The maximum atomic E-state index is 13.8. The first kappa shape index (κ1) is 21.2. The summed E-state index contributed by atoms with van der Waals surface area (Å²) < 4.78 is 67.0. The molecule has 1 N–H and O–H groups in total. The minimum atomic E-state index is -4.94. The second-order valence-electron chi connectivity index (χ2n) is 7.96. The maximum Gasteiger partial charge on any atom is 0.435 e. The van der Waals surface area contributed by atoms with Gasteiger partial charge in [0.2, 0.25) is 0 Å². The average Bonchev–Trinajstić information content (AvgIpc) is 3.36. The largest absolute Gasteiger partial charge is 0.448 e. The number of amides is 1. The molecule has 172 valence electrons. The Labute approximate surface area is 185 Å². The molecule has 1 fully saturated rings. The highest BCUT2D eigenvalue weighted by molar-refractivity contribution is 6.04. The van der Waals surface area contributed by atoms with Crippen molar-refractivity contribution in [2.24, 2.45) is 0 Å². The standard InChI is InChI=1S/C22H18F4N4O3/c23-13-4-7-15(8-5-13)30-19(22(24,25)26)18(28-29-30)20(31)27-14-6-9-16-17(12-14)33-21(32-16)10-2-1-3-11-21/h4-9,12H,1-3,10-11H2,(H,27,31). The molecule has 2 aliphatic rings. The number of carbonyl (C=O) groups is 1. The first-order chi connectivity index (χ1) is 15.7. The summed E-state index contributed by atoms with van der Waals surface area (Å²) in [5.74, 6) is -1.50. The van der Waals surface area contributed by atoms with Crippen LogP contribution in [0.15, 0.2) is 42.5 Å². The molecule has 1 saturated carbocycles. The fraction of sp³-hybridized carbons (Fsp3) is 0.318. The number of halogens is 4. The van der Waals surface area contributed by atoms with Crippen LogP contribution in [0.25, 0.3) is 5.69 Å². The number of anilines is 1. The number of rotatable bonds is 3. The Hall–Kier alpha value is -3.63. The van der Waals surface area contributed by atoms with E-state index in [1.807, 2.05) is 0 Å². The SMILES string of the molecule is O=C(Nc1ccc2c(c1)OC1(CCCCC1)O2)c1nnn(-c2ccc(F)cc2)c1C(F)(F)F. The molecular weight excluding hydrogens is 444 g/mol. The average molecular weight is 462 g/mol. The maximum absolute atomic E-state index is 13.8. The second kappa shape index (κ2) is 7.75. The zero-order chi connectivity index (χ0) is 23.2. The fourth-order valence-electron chi connectivity index (χ4n) is 4.11. The first-order valence-electron chi connectivity index (χ1n) is 10.4. The number of hydrogen-bond donors (Lipinski definition) is 1. The van der Waals surface area contributed by atoms with Crippen LogP contribution in [0.5, 0.6) is 11.5 Å². The van der Waals surface area contributed by atoms with Gasteiger partial charge in [-0.25, -0.2) is 9.07 Å². The number of nitrogens with one attached hydrogen (secondary N) is 1. The number of alkyl halides is 3. The Kier molecular flexibility index (Phi) is 4.98. The zero-order valence-electron chi connectivity index (χ0n) is 17.2. The summed E-state index contributed by atoms with van der Waals surface area (Å²) in [6.45, 7) is 0. The monoisotopic (exact) mass is 462 g/mol. The number of hydrogen-bond acceptors (Lipinski definition) is 5. The molecule has 0 radical (unpaired) electrons. The highest BCUT2D eigenvalue weighted by Gasteiger charge is 2.43. The van der Waals surface area contributed by atoms with Crippen molar-refractivity contribution in [1.29, 1.82) is 0 Å². The van der Waals surface area contributed by atoms with E-state index in [-0.39, 0.29) is 11.4 Å². The molecule has 1 aromatic heterocycles. The number of ether oxygens (including phenoxy) is 2. The van der Waals surface area contributed by atoms with Gasteiger partial charge in [-0.05, 0) is 49.2 Å². The van der Waals surface area contributed by atoms with Crippen molar-refractivity contribution in [3.05, 3.63) is 59.7 Å². The number of nitrogens with zero attached hydrogens (tertiary/aromatic N) is 3. The molecule has 0 unspecified atom stereocenters. The van der Waals surface area contributed by atoms with Crippen molar-refractivity contribution in [3.63, 3.8) is 0 Å². The van der Waals surface area contributed by atoms with E-state index in [9.17, 15) is 22.4 Å². The lowest BCUT2D eigenvalue weighted by atomic mass is 9.94. The van der Waals surface area contributed by atoms with E-state index in [1.54, 1.807) is 6.07 Å². The molecule has 1 aliphatic carbocycles. The highest BCUT2D eigenvalue weighted by atomic mass is 19.4. The van der Waals surface area contributed by atoms with Gasteiger partial charge < -0.3 is 14.8 Å². The molecule has 2 aromatic carbocycles. The molecule has 0 atom stereocenters. The van der Waals surface area contributed by atoms with Crippen LogP contribution in [-0.2, 0) is 6.18 Å². The number of aromatic nitrogens is 3. The van der Waals surface area contributed by atoms with Gasteiger partial charge in [-0.15, -0.1) is 5.10 Å². The number of carbonyl (C=O) groups excluding carboxylic acids is 1. The molecule has 5 rings (SSSR count). The summed E-state index contributed by atoms with van der Waals surface area (Å²) in [6.07, 6.45) is -0.405. The van der Waals surface area contributed by atoms with E-state index >= 15 is 0 Å². The molecule has 11 heteroatoms. The van der Waals surface area contributed by atoms with Gasteiger partial charge in [-0.1, -0.05) is 11.6 Å². The third-order valence-corrected chi connectivity index (χ3v) is 5.63. The van der Waals surface area contributed by atoms with Crippen molar-refractivity contribution in [2.45, 2.75) is 44.1 Å². The van der Waals surface area contributed by atoms with Gasteiger partial charge in [0.05, 0.1) is 5.69 Å². The van der Waals surface area contributed by atoms with E-state index in [0.29, 0.717) is 16.2 Å². The van der Waals surface area contributed by atoms with Crippen LogP contribution in [0, 0.1) is 5.82 Å². The van der Waals surface area contributed by atoms with E-state index in [1.165, 1.54) is 12.1 Å². The highest BCUT2D eigenvalue weighted by Crippen LogP contribution is 2.46. The van der Waals surface area contributed by atoms with Gasteiger partial charge in [0.15, 0.2) is 22.9 Å². The molecule has 1 amide bonds. The lowest BCUT2D eigenvalue weighted by molar-refractivity contribution is -0.143. The van der Waals surface area contributed by atoms with E-state index in [0.717, 1.165) is 56.4 Å². The Morgan fingerprint density at radius 3 is 2.39 bits per heavy atom. The molecule has 0 saturated heterocycles. The molecule has 1 spiro atoms. The Bertz CT molecular complexity index is 1200. The molecular formula is C22H18F4N4O3. The Morgan fingerprint density at radius 1 is 1.00 bits per heavy atom. The van der Waals surface area contributed by atoms with Crippen molar-refractivity contribution in [3.8, 4) is 17.2 Å². The second-order valence-corrected chi connectivity index (χ2v) is 7.96. The van der Waals surface area contributed by atoms with Gasteiger partial charge in [-0.2, -0.15) is 13.2 Å². The van der Waals surface area contributed by atoms with Gasteiger partial charge in [-0.3, -0.25) is 4.79 Å². The van der Waals surface area contributed by atoms with Crippen LogP contribution in [0.2, 0.25) is 0 Å². The van der Waals surface area contributed by atoms with E-state index in [4.69, 9.17) is 9.47 Å². The number of benzene rings is 2. The third-order valence-electron chi connectivity index (χ3n) is 5.63. The Balaban J connectivity index is 1.41. The van der Waals surface area contributed by atoms with Crippen LogP contribution in [-0.4, -0.2) is 26.7 Å². The van der Waals surface area contributed by atoms with Gasteiger partial charge >= 0.3 is 6.18 Å². The predicted molar refractivity (Wildman–Crippen MR) is 108 cm³/mol. The minimum absolute atomic E-state index is 0.0869. The normalized spacial score (nSPS) is 16.7. The van der Waals surface area contributed by atoms with Crippen molar-refractivity contribution >= 4 is 11.6 Å². The summed E-state index contributed by atoms with van der Waals surface area (Å²) in [6, 6.07) is 8.83. The molecule has 2 heterocycles. The summed E-state index contributed by atoms with van der Waals surface area (Å²) >= 11 is 0. The van der Waals surface area contributed by atoms with Gasteiger partial charge in [0.1, 0.15) is 5.82 Å². The zero-order valence-corrected chi connectivity index (χ0v) is 17.2. The van der Waals surface area contributed by atoms with Crippen molar-refractivity contribution in [1.82, 2.24) is 15.0 Å². The summed E-state index contributed by atoms with van der Waals surface area (Å²) in [4.78, 5) is 12.7. The van der Waals surface area contributed by atoms with Gasteiger partial charge in [0.25, 0.3) is 11.7 Å². The topological polar surface area (TPSA) is 78.3 Å². The first-order valence-corrected chi connectivity index (χ1v) is 10.4. The van der Waals surface area contributed by atoms with E-state index in [2.05, 4.69) is 15.6 Å². The van der Waals surface area contributed by atoms with Crippen LogP contribution >= 0.6 is 0 Å². The molecule has 7 nitrogen and oxygen atoms in total. The summed E-state index contributed by atoms with van der Waals surface area (Å²) in [5, 5.41) is 9.34. The third kappa shape index (κ3) is 3.98. The molecule has 0 bridgehead atoms. The minimum Gasteiger partial charge on any atom is -0.448 e. The fourth-order valence-corrected chi connectivity index (χ4v) is 4.11. The van der Waals surface area contributed by atoms with Crippen molar-refractivity contribution < 1.29 is 31.8 Å². The predicted octanol–water partition coefficient (Wildman–Crippen LogP) is 5.11. The summed E-state index contributed by atoms with van der Waals surface area (Å²) in [5.41, 5.74) is -2.14. The summed E-state index contributed by atoms with van der Waals surface area (Å²) in [7, 11) is 0. The van der Waals surface area contributed by atoms with Crippen LogP contribution in [0.4, 0.5) is 23.2 Å². The lowest BCUT2D eigenvalue weighted by Gasteiger charge is -2.31. The quantitative estimate of drug-likeness (QED) is 0.548. The van der Waals surface area contributed by atoms with Gasteiger partial charge in [0, 0.05) is 24.6 Å². The number of fused-ring (bicyclic) bond motifs is 1. The van der Waals surface area contributed by atoms with E-state index < -0.39 is 35.1 Å². The molecule has 1 aliphatic heterocycles. The smallest absolute Gasteiger partial charge is 0.435 e. The molecule has 33 heavy (non-hydrogen) atoms. The molecule has 3 aromatic rings. The van der Waals surface area contributed by atoms with Crippen LogP contribution in [0.1, 0.15) is 48.3 Å². The lowest BCUT2D eigenvalue weighted by Crippen LogP contribution is -2.40.